The van der Waals surface area contributed by atoms with Gasteiger partial charge in [0.15, 0.2) is 5.82 Å². The molecule has 5 nitrogen and oxygen atoms in total. The van der Waals surface area contributed by atoms with E-state index in [2.05, 4.69) is 20.3 Å². The van der Waals surface area contributed by atoms with Crippen molar-refractivity contribution in [2.45, 2.75) is 6.92 Å². The van der Waals surface area contributed by atoms with E-state index in [1.54, 1.807) is 4.68 Å². The molecule has 6 heteroatoms. The van der Waals surface area contributed by atoms with Gasteiger partial charge >= 0.3 is 0 Å². The molecule has 0 aliphatic heterocycles. The van der Waals surface area contributed by atoms with Gasteiger partial charge in [0.05, 0.1) is 5.52 Å². The fraction of sp³-hybridized carbons (Fsp3) is 0.0909. The third-order valence-corrected chi connectivity index (χ3v) is 2.93. The number of benzene rings is 1. The molecular formula is C11H8ClN5. The summed E-state index contributed by atoms with van der Waals surface area (Å²) in [5.41, 5.74) is 2.50. The molecule has 0 N–H and O–H groups in total. The van der Waals surface area contributed by atoms with E-state index in [1.807, 2.05) is 31.2 Å². The molecule has 1 aromatic carbocycles. The van der Waals surface area contributed by atoms with Crippen LogP contribution in [0.2, 0.25) is 5.15 Å². The molecule has 0 fully saturated rings. The molecular weight excluding hydrogens is 238 g/mol. The van der Waals surface area contributed by atoms with Crippen LogP contribution < -0.4 is 0 Å². The van der Waals surface area contributed by atoms with Gasteiger partial charge in [-0.2, -0.15) is 4.68 Å². The van der Waals surface area contributed by atoms with E-state index in [0.29, 0.717) is 11.0 Å². The first-order valence-corrected chi connectivity index (χ1v) is 5.43. The molecule has 3 aromatic rings. The van der Waals surface area contributed by atoms with Crippen molar-refractivity contribution in [1.29, 1.82) is 0 Å². The summed E-state index contributed by atoms with van der Waals surface area (Å²) in [5.74, 6) is 0.652. The van der Waals surface area contributed by atoms with Gasteiger partial charge in [-0.1, -0.05) is 28.9 Å². The highest BCUT2D eigenvalue weighted by Gasteiger charge is 2.11. The van der Waals surface area contributed by atoms with E-state index in [1.165, 1.54) is 6.33 Å². The van der Waals surface area contributed by atoms with Gasteiger partial charge in [0.1, 0.15) is 17.0 Å². The van der Waals surface area contributed by atoms with Gasteiger partial charge in [0.2, 0.25) is 0 Å². The Morgan fingerprint density at radius 1 is 1.18 bits per heavy atom. The number of para-hydroxylation sites is 1. The Morgan fingerprint density at radius 3 is 2.88 bits per heavy atom. The second kappa shape index (κ2) is 3.78. The Balaban J connectivity index is 2.31. The van der Waals surface area contributed by atoms with Crippen LogP contribution in [0.25, 0.3) is 16.9 Å². The quantitative estimate of drug-likeness (QED) is 0.617. The minimum atomic E-state index is 0.426. The fourth-order valence-corrected chi connectivity index (χ4v) is 1.79. The topological polar surface area (TPSA) is 56.5 Å². The van der Waals surface area contributed by atoms with E-state index >= 15 is 0 Å². The molecule has 2 aromatic heterocycles. The number of hydrogen-bond acceptors (Lipinski definition) is 4. The molecule has 0 bridgehead atoms. The molecule has 3 rings (SSSR count). The Hall–Kier alpha value is -2.01. The minimum absolute atomic E-state index is 0.426. The van der Waals surface area contributed by atoms with Crippen LogP contribution in [0.1, 0.15) is 5.56 Å². The van der Waals surface area contributed by atoms with Crippen molar-refractivity contribution in [3.05, 3.63) is 41.3 Å². The third-order valence-electron chi connectivity index (χ3n) is 2.55. The summed E-state index contributed by atoms with van der Waals surface area (Å²) in [6.07, 6.45) is 1.42. The van der Waals surface area contributed by atoms with Crippen LogP contribution in [0.5, 0.6) is 0 Å². The summed E-state index contributed by atoms with van der Waals surface area (Å²) >= 11 is 5.97. The maximum atomic E-state index is 5.97. The van der Waals surface area contributed by atoms with E-state index in [9.17, 15) is 0 Å². The first kappa shape index (κ1) is 10.2. The molecule has 17 heavy (non-hydrogen) atoms. The van der Waals surface area contributed by atoms with E-state index in [-0.39, 0.29) is 0 Å². The highest BCUT2D eigenvalue weighted by Crippen LogP contribution is 2.20. The second-order valence-corrected chi connectivity index (χ2v) is 3.96. The molecule has 0 atom stereocenters. The maximum absolute atomic E-state index is 5.97. The summed E-state index contributed by atoms with van der Waals surface area (Å²) in [5, 5.41) is 8.59. The van der Waals surface area contributed by atoms with Crippen molar-refractivity contribution in [2.24, 2.45) is 0 Å². The SMILES string of the molecule is Cc1c(Cl)ncnc1-n1nnc2ccccc21. The molecule has 0 spiro atoms. The van der Waals surface area contributed by atoms with Crippen molar-refractivity contribution in [3.8, 4) is 5.82 Å². The van der Waals surface area contributed by atoms with Gasteiger partial charge in [-0.15, -0.1) is 5.10 Å². The standard InChI is InChI=1S/C11H8ClN5/c1-7-10(12)13-6-14-11(7)17-9-5-3-2-4-8(9)15-16-17/h2-6H,1H3. The Labute approximate surface area is 102 Å². The summed E-state index contributed by atoms with van der Waals surface area (Å²) in [6.45, 7) is 1.86. The van der Waals surface area contributed by atoms with Crippen LogP contribution in [-0.4, -0.2) is 25.0 Å². The highest BCUT2D eigenvalue weighted by molar-refractivity contribution is 6.30. The van der Waals surface area contributed by atoms with Crippen LogP contribution in [0.15, 0.2) is 30.6 Å². The van der Waals surface area contributed by atoms with Gasteiger partial charge < -0.3 is 0 Å². The zero-order chi connectivity index (χ0) is 11.8. The lowest BCUT2D eigenvalue weighted by Gasteiger charge is -2.05. The molecule has 0 aliphatic carbocycles. The predicted octanol–water partition coefficient (Wildman–Crippen LogP) is 2.17. The Morgan fingerprint density at radius 2 is 2.00 bits per heavy atom. The van der Waals surface area contributed by atoms with Crippen molar-refractivity contribution >= 4 is 22.6 Å². The summed E-state index contributed by atoms with van der Waals surface area (Å²) in [7, 11) is 0. The number of fused-ring (bicyclic) bond motifs is 1. The van der Waals surface area contributed by atoms with Crippen LogP contribution >= 0.6 is 11.6 Å². The first-order chi connectivity index (χ1) is 8.27. The lowest BCUT2D eigenvalue weighted by molar-refractivity contribution is 0.790. The average molecular weight is 246 g/mol. The first-order valence-electron chi connectivity index (χ1n) is 5.05. The summed E-state index contributed by atoms with van der Waals surface area (Å²) in [4.78, 5) is 8.12. The number of hydrogen-bond donors (Lipinski definition) is 0. The molecule has 84 valence electrons. The van der Waals surface area contributed by atoms with Crippen LogP contribution in [0.4, 0.5) is 0 Å². The fourth-order valence-electron chi connectivity index (χ4n) is 1.66. The molecule has 0 aliphatic rings. The molecule has 0 saturated heterocycles. The zero-order valence-electron chi connectivity index (χ0n) is 9.00. The average Bonchev–Trinajstić information content (AvgIpc) is 2.77. The third kappa shape index (κ3) is 1.55. The van der Waals surface area contributed by atoms with Crippen molar-refractivity contribution < 1.29 is 0 Å². The Kier molecular flexibility index (Phi) is 2.26. The lowest BCUT2D eigenvalue weighted by Crippen LogP contribution is -2.03. The van der Waals surface area contributed by atoms with Gasteiger partial charge in [-0.25, -0.2) is 9.97 Å². The number of halogens is 1. The number of rotatable bonds is 1. The number of nitrogens with zero attached hydrogens (tertiary/aromatic N) is 5. The molecule has 0 radical (unpaired) electrons. The largest absolute Gasteiger partial charge is 0.224 e. The molecule has 0 amide bonds. The Bertz CT molecular complexity index is 691. The van der Waals surface area contributed by atoms with Crippen LogP contribution in [0.3, 0.4) is 0 Å². The predicted molar refractivity (Wildman–Crippen MR) is 64.2 cm³/mol. The smallest absolute Gasteiger partial charge is 0.163 e. The van der Waals surface area contributed by atoms with E-state index in [0.717, 1.165) is 16.6 Å². The van der Waals surface area contributed by atoms with Crippen molar-refractivity contribution in [1.82, 2.24) is 25.0 Å². The molecule has 2 heterocycles. The van der Waals surface area contributed by atoms with Crippen LogP contribution in [-0.2, 0) is 0 Å². The van der Waals surface area contributed by atoms with Crippen molar-refractivity contribution in [2.75, 3.05) is 0 Å². The summed E-state index contributed by atoms with van der Waals surface area (Å²) in [6, 6.07) is 7.68. The highest BCUT2D eigenvalue weighted by atomic mass is 35.5. The zero-order valence-corrected chi connectivity index (χ0v) is 9.76. The lowest BCUT2D eigenvalue weighted by atomic mass is 10.3. The van der Waals surface area contributed by atoms with Crippen molar-refractivity contribution in [3.63, 3.8) is 0 Å². The minimum Gasteiger partial charge on any atom is -0.224 e. The molecule has 0 unspecified atom stereocenters. The van der Waals surface area contributed by atoms with Gasteiger partial charge in [-0.3, -0.25) is 0 Å². The monoisotopic (exact) mass is 245 g/mol. The van der Waals surface area contributed by atoms with Gasteiger partial charge in [-0.05, 0) is 19.1 Å². The molecule has 0 saturated carbocycles. The van der Waals surface area contributed by atoms with Crippen LogP contribution in [0, 0.1) is 6.92 Å². The number of aromatic nitrogens is 5. The van der Waals surface area contributed by atoms with E-state index in [4.69, 9.17) is 11.6 Å². The normalized spacial score (nSPS) is 10.9. The van der Waals surface area contributed by atoms with Gasteiger partial charge in [0.25, 0.3) is 0 Å². The maximum Gasteiger partial charge on any atom is 0.163 e. The van der Waals surface area contributed by atoms with E-state index < -0.39 is 0 Å². The van der Waals surface area contributed by atoms with Gasteiger partial charge in [0, 0.05) is 5.56 Å². The second-order valence-electron chi connectivity index (χ2n) is 3.60. The summed E-state index contributed by atoms with van der Waals surface area (Å²) < 4.78 is 1.66.